The van der Waals surface area contributed by atoms with Gasteiger partial charge in [-0.3, -0.25) is 4.99 Å². The molecule has 1 aliphatic heterocycles. The Kier molecular flexibility index (Phi) is 2.71. The van der Waals surface area contributed by atoms with E-state index in [0.717, 1.165) is 0 Å². The van der Waals surface area contributed by atoms with E-state index in [1.54, 1.807) is 6.07 Å². The lowest BCUT2D eigenvalue weighted by atomic mass is 9.92. The van der Waals surface area contributed by atoms with Gasteiger partial charge in [0, 0.05) is 12.0 Å². The van der Waals surface area contributed by atoms with Crippen LogP contribution in [0.4, 0.5) is 4.39 Å². The highest BCUT2D eigenvalue weighted by molar-refractivity contribution is 6.09. The number of carboxylic acids is 1. The molecule has 0 saturated carbocycles. The number of benzene rings is 1. The van der Waals surface area contributed by atoms with E-state index in [-0.39, 0.29) is 12.1 Å². The van der Waals surface area contributed by atoms with Gasteiger partial charge in [-0.1, -0.05) is 12.1 Å². The Morgan fingerprint density at radius 2 is 2.29 bits per heavy atom. The van der Waals surface area contributed by atoms with Crippen molar-refractivity contribution in [1.82, 2.24) is 0 Å². The normalized spacial score (nSPS) is 27.9. The van der Waals surface area contributed by atoms with E-state index < -0.39 is 23.4 Å². The SMILES string of the molecule is C[C@@]1(O)C[C@@H](C(=O)O)N=C1c1cccc(F)c1. The lowest BCUT2D eigenvalue weighted by molar-refractivity contribution is -0.139. The molecule has 1 aromatic rings. The van der Waals surface area contributed by atoms with E-state index in [9.17, 15) is 14.3 Å². The lowest BCUT2D eigenvalue weighted by Crippen LogP contribution is -2.33. The third-order valence-corrected chi connectivity index (χ3v) is 2.77. The van der Waals surface area contributed by atoms with Gasteiger partial charge in [-0.15, -0.1) is 0 Å². The molecule has 2 atom stereocenters. The Hall–Kier alpha value is -1.75. The minimum atomic E-state index is -1.34. The first kappa shape index (κ1) is 11.7. The molecule has 0 aliphatic carbocycles. The number of hydrogen-bond acceptors (Lipinski definition) is 3. The maximum atomic E-state index is 13.1. The number of hydrogen-bond donors (Lipinski definition) is 2. The maximum Gasteiger partial charge on any atom is 0.328 e. The minimum Gasteiger partial charge on any atom is -0.480 e. The highest BCUT2D eigenvalue weighted by Gasteiger charge is 2.41. The molecule has 1 aliphatic rings. The smallest absolute Gasteiger partial charge is 0.328 e. The van der Waals surface area contributed by atoms with Crippen LogP contribution < -0.4 is 0 Å². The van der Waals surface area contributed by atoms with Crippen LogP contribution in [-0.4, -0.2) is 33.5 Å². The summed E-state index contributed by atoms with van der Waals surface area (Å²) in [7, 11) is 0. The Morgan fingerprint density at radius 1 is 1.59 bits per heavy atom. The van der Waals surface area contributed by atoms with Crippen LogP contribution in [0.1, 0.15) is 18.9 Å². The maximum absolute atomic E-state index is 13.1. The van der Waals surface area contributed by atoms with Crippen molar-refractivity contribution in [2.45, 2.75) is 25.0 Å². The number of carbonyl (C=O) groups is 1. The fraction of sp³-hybridized carbons (Fsp3) is 0.333. The van der Waals surface area contributed by atoms with Gasteiger partial charge in [0.25, 0.3) is 0 Å². The van der Waals surface area contributed by atoms with Crippen molar-refractivity contribution in [2.24, 2.45) is 4.99 Å². The fourth-order valence-corrected chi connectivity index (χ4v) is 1.98. The Morgan fingerprint density at radius 3 is 2.82 bits per heavy atom. The van der Waals surface area contributed by atoms with Crippen molar-refractivity contribution in [1.29, 1.82) is 0 Å². The molecule has 0 radical (unpaired) electrons. The number of aliphatic imine (C=N–C) groups is 1. The van der Waals surface area contributed by atoms with Crippen molar-refractivity contribution in [3.8, 4) is 0 Å². The lowest BCUT2D eigenvalue weighted by Gasteiger charge is -2.19. The zero-order valence-corrected chi connectivity index (χ0v) is 9.22. The van der Waals surface area contributed by atoms with Crippen LogP contribution >= 0.6 is 0 Å². The molecule has 0 unspecified atom stereocenters. The monoisotopic (exact) mass is 237 g/mol. The van der Waals surface area contributed by atoms with Crippen LogP contribution in [0, 0.1) is 5.82 Å². The zero-order valence-electron chi connectivity index (χ0n) is 9.22. The second-order valence-corrected chi connectivity index (χ2v) is 4.32. The van der Waals surface area contributed by atoms with E-state index in [1.807, 2.05) is 0 Å². The summed E-state index contributed by atoms with van der Waals surface area (Å²) < 4.78 is 13.1. The van der Waals surface area contributed by atoms with Crippen LogP contribution in [0.25, 0.3) is 0 Å². The molecule has 4 nitrogen and oxygen atoms in total. The largest absolute Gasteiger partial charge is 0.480 e. The van der Waals surface area contributed by atoms with Gasteiger partial charge in [-0.25, -0.2) is 9.18 Å². The predicted molar refractivity (Wildman–Crippen MR) is 59.6 cm³/mol. The molecule has 1 heterocycles. The van der Waals surface area contributed by atoms with Crippen molar-refractivity contribution in [3.05, 3.63) is 35.6 Å². The molecule has 2 N–H and O–H groups in total. The second-order valence-electron chi connectivity index (χ2n) is 4.32. The Bertz CT molecular complexity index is 496. The summed E-state index contributed by atoms with van der Waals surface area (Å²) in [5.74, 6) is -1.53. The first-order valence-electron chi connectivity index (χ1n) is 5.19. The second kappa shape index (κ2) is 3.92. The van der Waals surface area contributed by atoms with E-state index in [1.165, 1.54) is 25.1 Å². The molecule has 0 aromatic heterocycles. The fourth-order valence-electron chi connectivity index (χ4n) is 1.98. The summed E-state index contributed by atoms with van der Waals surface area (Å²) in [4.78, 5) is 14.8. The summed E-state index contributed by atoms with van der Waals surface area (Å²) in [6.45, 7) is 1.49. The number of aliphatic carboxylic acids is 1. The van der Waals surface area contributed by atoms with Crippen LogP contribution in [0.2, 0.25) is 0 Å². The molecule has 0 amide bonds. The van der Waals surface area contributed by atoms with Gasteiger partial charge in [-0.05, 0) is 19.1 Å². The van der Waals surface area contributed by atoms with Crippen molar-refractivity contribution in [3.63, 3.8) is 0 Å². The molecule has 2 rings (SSSR count). The molecule has 0 fully saturated rings. The van der Waals surface area contributed by atoms with Gasteiger partial charge < -0.3 is 10.2 Å². The van der Waals surface area contributed by atoms with Gasteiger partial charge in [0.05, 0.1) is 5.71 Å². The summed E-state index contributed by atoms with van der Waals surface area (Å²) in [5.41, 5.74) is -0.695. The van der Waals surface area contributed by atoms with Gasteiger partial charge in [0.1, 0.15) is 11.4 Å². The van der Waals surface area contributed by atoms with Crippen molar-refractivity contribution in [2.75, 3.05) is 0 Å². The van der Waals surface area contributed by atoms with Gasteiger partial charge in [0.15, 0.2) is 6.04 Å². The molecule has 0 saturated heterocycles. The first-order chi connectivity index (χ1) is 7.90. The zero-order chi connectivity index (χ0) is 12.6. The third kappa shape index (κ3) is 2.19. The molecule has 5 heteroatoms. The van der Waals surface area contributed by atoms with Gasteiger partial charge in [-0.2, -0.15) is 0 Å². The van der Waals surface area contributed by atoms with Crippen LogP contribution in [0.5, 0.6) is 0 Å². The van der Waals surface area contributed by atoms with E-state index >= 15 is 0 Å². The highest BCUT2D eigenvalue weighted by Crippen LogP contribution is 2.28. The molecule has 90 valence electrons. The molecule has 0 spiro atoms. The topological polar surface area (TPSA) is 69.9 Å². The molecule has 1 aromatic carbocycles. The van der Waals surface area contributed by atoms with Crippen LogP contribution in [0.15, 0.2) is 29.3 Å². The average Bonchev–Trinajstić information content (AvgIpc) is 2.54. The standard InChI is InChI=1S/C12H12FNO3/c1-12(17)6-9(11(15)16)14-10(12)7-3-2-4-8(13)5-7/h2-5,9,17H,6H2,1H3,(H,15,16)/t9-,12+/m0/s1. The van der Waals surface area contributed by atoms with E-state index in [4.69, 9.17) is 5.11 Å². The average molecular weight is 237 g/mol. The summed E-state index contributed by atoms with van der Waals surface area (Å²) in [6, 6.07) is 4.64. The van der Waals surface area contributed by atoms with Crippen molar-refractivity contribution < 1.29 is 19.4 Å². The predicted octanol–water partition coefficient (Wildman–Crippen LogP) is 1.22. The first-order valence-corrected chi connectivity index (χ1v) is 5.19. The molecule has 0 bridgehead atoms. The van der Waals surface area contributed by atoms with Crippen LogP contribution in [0.3, 0.4) is 0 Å². The number of rotatable bonds is 2. The quantitative estimate of drug-likeness (QED) is 0.812. The highest BCUT2D eigenvalue weighted by atomic mass is 19.1. The van der Waals surface area contributed by atoms with Crippen molar-refractivity contribution >= 4 is 11.7 Å². The Labute approximate surface area is 97.4 Å². The van der Waals surface area contributed by atoms with Gasteiger partial charge in [0.2, 0.25) is 0 Å². The summed E-state index contributed by atoms with van der Waals surface area (Å²) >= 11 is 0. The van der Waals surface area contributed by atoms with E-state index in [0.29, 0.717) is 5.56 Å². The molecular formula is C12H12FNO3. The Balaban J connectivity index is 2.43. The summed E-state index contributed by atoms with van der Waals surface area (Å²) in [6.07, 6.45) is 0.00812. The number of carboxylic acid groups (broad SMARTS) is 1. The molecular weight excluding hydrogens is 225 g/mol. The molecule has 17 heavy (non-hydrogen) atoms. The number of nitrogens with zero attached hydrogens (tertiary/aromatic N) is 1. The van der Waals surface area contributed by atoms with Gasteiger partial charge >= 0.3 is 5.97 Å². The van der Waals surface area contributed by atoms with E-state index in [2.05, 4.69) is 4.99 Å². The summed E-state index contributed by atoms with van der Waals surface area (Å²) in [5, 5.41) is 19.0. The third-order valence-electron chi connectivity index (χ3n) is 2.77. The van der Waals surface area contributed by atoms with Crippen LogP contribution in [-0.2, 0) is 4.79 Å². The number of aliphatic hydroxyl groups is 1. The minimum absolute atomic E-state index is 0.00812. The number of halogens is 1.